The van der Waals surface area contributed by atoms with Crippen molar-refractivity contribution in [1.29, 1.82) is 0 Å². The van der Waals surface area contributed by atoms with Gasteiger partial charge in [0.05, 0.1) is 16.1 Å². The molecule has 4 fully saturated rings. The highest BCUT2D eigenvalue weighted by Gasteiger charge is 2.61. The molecule has 3 heterocycles. The van der Waals surface area contributed by atoms with Crippen molar-refractivity contribution >= 4 is 49.7 Å². The van der Waals surface area contributed by atoms with Crippen molar-refractivity contribution in [3.8, 4) is 113 Å². The number of halogens is 2. The van der Waals surface area contributed by atoms with Crippen LogP contribution in [0, 0.1) is 23.7 Å². The van der Waals surface area contributed by atoms with Gasteiger partial charge < -0.3 is 0 Å². The maximum Gasteiger partial charge on any atom is 0.182 e. The molecule has 0 aliphatic heterocycles. The van der Waals surface area contributed by atoms with Gasteiger partial charge in [0.25, 0.3) is 0 Å². The Morgan fingerprint density at radius 3 is 1.21 bits per heavy atom. The molecule has 0 saturated heterocycles. The summed E-state index contributed by atoms with van der Waals surface area (Å²) in [5.41, 5.74) is 16.2. The zero-order valence-corrected chi connectivity index (χ0v) is 52.7. The summed E-state index contributed by atoms with van der Waals surface area (Å²) in [6.45, 7) is 14.2. The quantitative estimate of drug-likeness (QED) is 0.118. The molecule has 4 bridgehead atoms. The molecule has 0 unspecified atom stereocenters. The molecule has 0 amide bonds. The molecule has 5 aliphatic rings. The van der Waals surface area contributed by atoms with Crippen LogP contribution in [0.2, 0.25) is 49.3 Å². The highest BCUT2D eigenvalue weighted by Crippen LogP contribution is 2.70. The van der Waals surface area contributed by atoms with E-state index >= 15 is 0 Å². The maximum absolute atomic E-state index is 6.41. The summed E-state index contributed by atoms with van der Waals surface area (Å²) in [6, 6.07) is 66.8. The van der Waals surface area contributed by atoms with E-state index in [4.69, 9.17) is 63.1 Å². The lowest BCUT2D eigenvalue weighted by Crippen LogP contribution is -2.55. The van der Waals surface area contributed by atoms with Crippen LogP contribution in [0.5, 0.6) is 0 Å². The Morgan fingerprint density at radius 1 is 0.337 bits per heavy atom. The number of aromatic nitrogens is 8. The van der Waals surface area contributed by atoms with Crippen molar-refractivity contribution in [2.45, 2.75) is 76.8 Å². The summed E-state index contributed by atoms with van der Waals surface area (Å²) in [5, 5.41) is 4.08. The van der Waals surface area contributed by atoms with Gasteiger partial charge in [-0.15, -0.1) is 0 Å². The van der Waals surface area contributed by atoms with Gasteiger partial charge in [-0.25, -0.2) is 39.9 Å². The Balaban J connectivity index is 0.835. The van der Waals surface area contributed by atoms with Crippen LogP contribution >= 0.6 is 23.2 Å². The van der Waals surface area contributed by atoms with E-state index in [9.17, 15) is 0 Å². The molecular weight excluding hydrogens is 1130 g/mol. The fourth-order valence-electron chi connectivity index (χ4n) is 14.9. The average molecular weight is 1190 g/mol. The minimum absolute atomic E-state index is 0.150. The molecule has 8 aromatic carbocycles. The van der Waals surface area contributed by atoms with Gasteiger partial charge in [0.1, 0.15) is 5.69 Å². The number of hydrogen-bond acceptors (Lipinski definition) is 8. The van der Waals surface area contributed by atoms with Crippen LogP contribution in [-0.2, 0) is 5.41 Å². The molecule has 8 nitrogen and oxygen atoms in total. The molecular formula is C74H64Cl2N8Si2. The molecule has 0 N–H and O–H groups in total. The highest BCUT2D eigenvalue weighted by atomic mass is 35.5. The first-order valence-electron chi connectivity index (χ1n) is 30.2. The lowest BCUT2D eigenvalue weighted by Gasteiger charge is -2.61. The second-order valence-electron chi connectivity index (χ2n) is 26.4. The Labute approximate surface area is 515 Å². The van der Waals surface area contributed by atoms with Crippen molar-refractivity contribution in [3.05, 3.63) is 215 Å². The fraction of sp³-hybridized carbons (Fsp3) is 0.216. The minimum Gasteiger partial charge on any atom is -0.237 e. The van der Waals surface area contributed by atoms with E-state index in [1.165, 1.54) is 75.9 Å². The Bertz CT molecular complexity index is 4420. The Morgan fingerprint density at radius 2 is 0.733 bits per heavy atom. The smallest absolute Gasteiger partial charge is 0.182 e. The predicted octanol–water partition coefficient (Wildman–Crippen LogP) is 18.0. The van der Waals surface area contributed by atoms with E-state index in [2.05, 4.69) is 173 Å². The van der Waals surface area contributed by atoms with Crippen LogP contribution in [0.25, 0.3) is 113 Å². The van der Waals surface area contributed by atoms with Crippen LogP contribution in [0.15, 0.2) is 194 Å². The average Bonchev–Trinajstić information content (AvgIpc) is 1.46. The minimum atomic E-state index is -1.53. The Kier molecular flexibility index (Phi) is 13.4. The van der Waals surface area contributed by atoms with Crippen molar-refractivity contribution < 1.29 is 0 Å². The fourth-order valence-corrected chi connectivity index (χ4v) is 17.4. The molecule has 3 aromatic heterocycles. The van der Waals surface area contributed by atoms with Crippen LogP contribution in [0.4, 0.5) is 0 Å². The molecule has 16 rings (SSSR count). The third kappa shape index (κ3) is 9.75. The molecule has 1 spiro atoms. The van der Waals surface area contributed by atoms with E-state index in [-0.39, 0.29) is 5.41 Å². The van der Waals surface area contributed by atoms with E-state index in [0.29, 0.717) is 68.3 Å². The normalized spacial score (nSPS) is 19.2. The first-order valence-corrected chi connectivity index (χ1v) is 37.9. The van der Waals surface area contributed by atoms with Gasteiger partial charge in [0, 0.05) is 55.0 Å². The molecule has 86 heavy (non-hydrogen) atoms. The standard InChI is InChI=1S/C74H64Cl2N8Si2/c1-85(2,3)58-27-16-49(17-28-58)69-79-68(47-12-23-56(75)24-13-47)81-72(82-69)52-21-31-60(63(41-52)46-10-8-7-9-11-46)51-20-32-61-62-33-22-53(43-65(62)74(64(61)42-51)54-37-44-36-45(39-54)40-55(74)38-44)67-77-35-34-66(78-67)73-83-70(48-14-25-57(76)26-15-48)80-71(84-73)50-18-29-59(30-19-50)86(4,5)6/h7-35,41-45,54-55H,36-40H2,1-6H3. The first kappa shape index (κ1) is 54.5. The summed E-state index contributed by atoms with van der Waals surface area (Å²) in [6.07, 6.45) is 8.23. The van der Waals surface area contributed by atoms with Gasteiger partial charge in [-0.3, -0.25) is 0 Å². The Hall–Kier alpha value is -8.13. The topological polar surface area (TPSA) is 103 Å². The summed E-state index contributed by atoms with van der Waals surface area (Å²) in [5.74, 6) is 6.75. The maximum atomic E-state index is 6.41. The van der Waals surface area contributed by atoms with E-state index in [1.807, 2.05) is 60.8 Å². The molecule has 4 saturated carbocycles. The van der Waals surface area contributed by atoms with E-state index < -0.39 is 16.1 Å². The van der Waals surface area contributed by atoms with Crippen LogP contribution in [0.3, 0.4) is 0 Å². The molecule has 11 aromatic rings. The molecule has 12 heteroatoms. The third-order valence-electron chi connectivity index (χ3n) is 19.0. The van der Waals surface area contributed by atoms with Gasteiger partial charge in [-0.1, -0.05) is 188 Å². The molecule has 0 radical (unpaired) electrons. The van der Waals surface area contributed by atoms with Crippen LogP contribution in [-0.4, -0.2) is 56.0 Å². The second-order valence-corrected chi connectivity index (χ2v) is 37.4. The zero-order chi connectivity index (χ0) is 58.6. The van der Waals surface area contributed by atoms with Crippen molar-refractivity contribution in [1.82, 2.24) is 39.9 Å². The van der Waals surface area contributed by atoms with Gasteiger partial charge in [-0.2, -0.15) is 0 Å². The summed E-state index contributed by atoms with van der Waals surface area (Å²) >= 11 is 12.8. The number of hydrogen-bond donors (Lipinski definition) is 0. The van der Waals surface area contributed by atoms with Gasteiger partial charge in [0.2, 0.25) is 0 Å². The largest absolute Gasteiger partial charge is 0.237 e. The number of fused-ring (bicyclic) bond motifs is 3. The zero-order valence-electron chi connectivity index (χ0n) is 49.2. The van der Waals surface area contributed by atoms with Gasteiger partial charge in [0.15, 0.2) is 40.8 Å². The monoisotopic (exact) mass is 1190 g/mol. The summed E-state index contributed by atoms with van der Waals surface area (Å²) in [4.78, 5) is 41.1. The van der Waals surface area contributed by atoms with E-state index in [1.54, 1.807) is 0 Å². The number of benzene rings is 8. The third-order valence-corrected chi connectivity index (χ3v) is 23.6. The van der Waals surface area contributed by atoms with E-state index in [0.717, 1.165) is 56.3 Å². The van der Waals surface area contributed by atoms with Gasteiger partial charge in [-0.05, 0) is 173 Å². The number of rotatable bonds is 11. The molecule has 0 atom stereocenters. The summed E-state index contributed by atoms with van der Waals surface area (Å²) in [7, 11) is -3.06. The van der Waals surface area contributed by atoms with Gasteiger partial charge >= 0.3 is 0 Å². The lowest BCUT2D eigenvalue weighted by atomic mass is 9.43. The van der Waals surface area contributed by atoms with Crippen LogP contribution in [0.1, 0.15) is 43.2 Å². The van der Waals surface area contributed by atoms with Crippen molar-refractivity contribution in [2.75, 3.05) is 0 Å². The second kappa shape index (κ2) is 21.1. The van der Waals surface area contributed by atoms with Crippen molar-refractivity contribution in [3.63, 3.8) is 0 Å². The molecule has 422 valence electrons. The number of nitrogens with zero attached hydrogens (tertiary/aromatic N) is 8. The highest BCUT2D eigenvalue weighted by molar-refractivity contribution is 6.89. The summed E-state index contributed by atoms with van der Waals surface area (Å²) < 4.78 is 0. The van der Waals surface area contributed by atoms with Crippen LogP contribution < -0.4 is 10.4 Å². The molecule has 5 aliphatic carbocycles. The van der Waals surface area contributed by atoms with Crippen molar-refractivity contribution in [2.24, 2.45) is 23.7 Å². The first-order chi connectivity index (χ1) is 41.6. The SMILES string of the molecule is C[Si](C)(C)c1ccc(-c2nc(-c3ccc(Cl)cc3)nc(-c3ccc(-c4ccc5c(c4)C4(c6cc(-c7nccc(-c8nc(-c9ccc(Cl)cc9)nc(-c9ccc([Si](C)(C)C)cc9)n8)n7)ccc6-5)C5CC6CC(C5)CC4C6)c(-c4ccccc4)c3)n2)cc1. The lowest BCUT2D eigenvalue weighted by molar-refractivity contribution is -0.0399. The predicted molar refractivity (Wildman–Crippen MR) is 357 cm³/mol.